The highest BCUT2D eigenvalue weighted by molar-refractivity contribution is 8.11. The molecule has 0 N–H and O–H groups in total. The summed E-state index contributed by atoms with van der Waals surface area (Å²) in [6, 6.07) is 0. The first-order valence-corrected chi connectivity index (χ1v) is 4.99. The van der Waals surface area contributed by atoms with Gasteiger partial charge in [0.2, 0.25) is 16.9 Å². The van der Waals surface area contributed by atoms with Crippen molar-refractivity contribution >= 4 is 28.9 Å². The molecule has 14 heavy (non-hydrogen) atoms. The summed E-state index contributed by atoms with van der Waals surface area (Å²) in [4.78, 5) is 33.6. The topological polar surface area (TPSA) is 57.7 Å². The lowest BCUT2D eigenvalue weighted by atomic mass is 10.1. The molecule has 1 aliphatic heterocycles. The number of amides is 2. The van der Waals surface area contributed by atoms with E-state index >= 15 is 0 Å². The van der Waals surface area contributed by atoms with Gasteiger partial charge >= 0.3 is 0 Å². The molecule has 1 saturated heterocycles. The first-order valence-electron chi connectivity index (χ1n) is 4.22. The number of nitrogens with zero attached hydrogens (tertiary/aromatic N) is 2. The minimum Gasteiger partial charge on any atom is -0.286 e. The molecule has 1 atom stereocenters. The Bertz CT molecular complexity index is 292. The molecule has 0 saturated carbocycles. The predicted molar refractivity (Wildman–Crippen MR) is 51.7 cm³/mol. The van der Waals surface area contributed by atoms with Gasteiger partial charge in [-0.05, 0) is 0 Å². The van der Waals surface area contributed by atoms with Crippen molar-refractivity contribution in [2.24, 2.45) is 5.92 Å². The van der Waals surface area contributed by atoms with Gasteiger partial charge in [0, 0.05) is 38.3 Å². The van der Waals surface area contributed by atoms with E-state index in [1.807, 2.05) is 0 Å². The van der Waals surface area contributed by atoms with Gasteiger partial charge in [-0.15, -0.1) is 0 Å². The van der Waals surface area contributed by atoms with Gasteiger partial charge in [0.1, 0.15) is 0 Å². The van der Waals surface area contributed by atoms with Crippen molar-refractivity contribution < 1.29 is 14.4 Å². The average molecular weight is 216 g/mol. The molecule has 78 valence electrons. The predicted octanol–water partition coefficient (Wildman–Crippen LogP) is 0.423. The van der Waals surface area contributed by atoms with E-state index in [1.165, 1.54) is 18.4 Å². The number of carbonyl (C=O) groups excluding carboxylic acids is 3. The van der Waals surface area contributed by atoms with Gasteiger partial charge in [-0.3, -0.25) is 14.4 Å². The third-order valence-electron chi connectivity index (χ3n) is 1.89. The quantitative estimate of drug-likeness (QED) is 0.494. The molecule has 1 unspecified atom stereocenters. The lowest BCUT2D eigenvalue weighted by Crippen LogP contribution is -2.40. The van der Waals surface area contributed by atoms with E-state index in [1.54, 1.807) is 6.92 Å². The van der Waals surface area contributed by atoms with Crippen LogP contribution in [0.15, 0.2) is 0 Å². The Morgan fingerprint density at radius 2 is 2.14 bits per heavy atom. The van der Waals surface area contributed by atoms with Crippen molar-refractivity contribution in [1.29, 1.82) is 0 Å². The molecule has 0 aromatic heterocycles. The van der Waals surface area contributed by atoms with Gasteiger partial charge in [-0.2, -0.15) is 9.42 Å². The van der Waals surface area contributed by atoms with Gasteiger partial charge in [0.25, 0.3) is 0 Å². The molecule has 1 heterocycles. The number of hydrazine groups is 1. The van der Waals surface area contributed by atoms with Crippen LogP contribution in [-0.2, 0) is 14.4 Å². The zero-order valence-electron chi connectivity index (χ0n) is 8.31. The largest absolute Gasteiger partial charge is 0.286 e. The first kappa shape index (κ1) is 11.2. The number of rotatable bonds is 2. The molecular formula is C8H12N2O3S. The minimum absolute atomic E-state index is 0.160. The molecule has 2 amide bonds. The second-order valence-electron chi connectivity index (χ2n) is 3.20. The third-order valence-corrected chi connectivity index (χ3v) is 2.57. The molecular weight excluding hydrogens is 204 g/mol. The van der Waals surface area contributed by atoms with Crippen molar-refractivity contribution in [3.05, 3.63) is 0 Å². The van der Waals surface area contributed by atoms with Gasteiger partial charge in [-0.25, -0.2) is 0 Å². The zero-order valence-corrected chi connectivity index (χ0v) is 9.13. The maximum Gasteiger partial charge on any atom is 0.248 e. The molecule has 0 aliphatic carbocycles. The molecule has 0 bridgehead atoms. The van der Waals surface area contributed by atoms with Crippen LogP contribution < -0.4 is 0 Å². The Kier molecular flexibility index (Phi) is 3.28. The lowest BCUT2D eigenvalue weighted by molar-refractivity contribution is -0.148. The van der Waals surface area contributed by atoms with Crippen LogP contribution >= 0.6 is 11.9 Å². The van der Waals surface area contributed by atoms with Crippen molar-refractivity contribution in [2.75, 3.05) is 7.05 Å². The highest BCUT2D eigenvalue weighted by Crippen LogP contribution is 2.23. The fraction of sp³-hybridized carbons (Fsp3) is 0.625. The Labute approximate surface area is 86.5 Å². The summed E-state index contributed by atoms with van der Waals surface area (Å²) in [5.74, 6) is -0.775. The van der Waals surface area contributed by atoms with E-state index in [-0.39, 0.29) is 29.3 Å². The minimum atomic E-state index is -0.280. The van der Waals surface area contributed by atoms with Crippen molar-refractivity contribution in [1.82, 2.24) is 9.42 Å². The van der Waals surface area contributed by atoms with Crippen LogP contribution in [0.4, 0.5) is 0 Å². The monoisotopic (exact) mass is 216 g/mol. The molecule has 6 heteroatoms. The Balaban J connectivity index is 2.72. The van der Waals surface area contributed by atoms with Crippen LogP contribution in [0, 0.1) is 5.92 Å². The summed E-state index contributed by atoms with van der Waals surface area (Å²) in [5.41, 5.74) is 0. The van der Waals surface area contributed by atoms with E-state index in [0.29, 0.717) is 0 Å². The molecule has 5 nitrogen and oxygen atoms in total. The van der Waals surface area contributed by atoms with Crippen LogP contribution in [0.1, 0.15) is 20.3 Å². The van der Waals surface area contributed by atoms with Crippen molar-refractivity contribution in [3.63, 3.8) is 0 Å². The van der Waals surface area contributed by atoms with Crippen LogP contribution in [0.25, 0.3) is 0 Å². The SMILES string of the molecule is CC(=O)SN(C)N1C(=O)CC(C)C1=O. The summed E-state index contributed by atoms with van der Waals surface area (Å²) in [6.07, 6.45) is 0.224. The van der Waals surface area contributed by atoms with Gasteiger partial charge in [-0.1, -0.05) is 6.92 Å². The summed E-state index contributed by atoms with van der Waals surface area (Å²) in [7, 11) is 1.53. The number of imide groups is 1. The zero-order chi connectivity index (χ0) is 10.9. The Morgan fingerprint density at radius 1 is 1.57 bits per heavy atom. The summed E-state index contributed by atoms with van der Waals surface area (Å²) >= 11 is 0.840. The highest BCUT2D eigenvalue weighted by atomic mass is 32.2. The Morgan fingerprint density at radius 3 is 2.50 bits per heavy atom. The van der Waals surface area contributed by atoms with Crippen molar-refractivity contribution in [3.8, 4) is 0 Å². The third kappa shape index (κ3) is 2.13. The van der Waals surface area contributed by atoms with Crippen LogP contribution in [0.2, 0.25) is 0 Å². The van der Waals surface area contributed by atoms with Gasteiger partial charge < -0.3 is 0 Å². The highest BCUT2D eigenvalue weighted by Gasteiger charge is 2.38. The molecule has 0 aromatic rings. The van der Waals surface area contributed by atoms with Crippen molar-refractivity contribution in [2.45, 2.75) is 20.3 Å². The van der Waals surface area contributed by atoms with E-state index in [4.69, 9.17) is 0 Å². The molecule has 1 rings (SSSR count). The van der Waals surface area contributed by atoms with Crippen LogP contribution in [0.5, 0.6) is 0 Å². The normalized spacial score (nSPS) is 22.3. The smallest absolute Gasteiger partial charge is 0.248 e. The fourth-order valence-electron chi connectivity index (χ4n) is 1.29. The first-order chi connectivity index (χ1) is 6.43. The van der Waals surface area contributed by atoms with E-state index < -0.39 is 0 Å². The van der Waals surface area contributed by atoms with E-state index in [9.17, 15) is 14.4 Å². The molecule has 1 fully saturated rings. The molecule has 0 radical (unpaired) electrons. The number of hydrogen-bond acceptors (Lipinski definition) is 5. The summed E-state index contributed by atoms with van der Waals surface area (Å²) in [6.45, 7) is 3.09. The standard InChI is InChI=1S/C8H12N2O3S/c1-5-4-7(12)10(8(5)13)9(3)14-6(2)11/h5H,4H2,1-3H3. The summed E-state index contributed by atoms with van der Waals surface area (Å²) < 4.78 is 1.29. The van der Waals surface area contributed by atoms with Gasteiger partial charge in [0.05, 0.1) is 0 Å². The maximum absolute atomic E-state index is 11.5. The maximum atomic E-state index is 11.5. The van der Waals surface area contributed by atoms with E-state index in [0.717, 1.165) is 17.0 Å². The molecule has 1 aliphatic rings. The fourth-order valence-corrected chi connectivity index (χ4v) is 1.92. The second-order valence-corrected chi connectivity index (χ2v) is 4.48. The second kappa shape index (κ2) is 4.10. The van der Waals surface area contributed by atoms with E-state index in [2.05, 4.69) is 0 Å². The lowest BCUT2D eigenvalue weighted by Gasteiger charge is -2.23. The Hall–Kier alpha value is -0.880. The summed E-state index contributed by atoms with van der Waals surface area (Å²) in [5, 5.41) is 0.865. The van der Waals surface area contributed by atoms with Crippen LogP contribution in [0.3, 0.4) is 0 Å². The molecule has 0 aromatic carbocycles. The average Bonchev–Trinajstić information content (AvgIpc) is 2.25. The number of hydrogen-bond donors (Lipinski definition) is 0. The number of carbonyl (C=O) groups is 3. The molecule has 0 spiro atoms. The van der Waals surface area contributed by atoms with Crippen LogP contribution in [-0.4, -0.2) is 33.4 Å². The van der Waals surface area contributed by atoms with Gasteiger partial charge in [0.15, 0.2) is 0 Å².